The highest BCUT2D eigenvalue weighted by molar-refractivity contribution is 6.30. The number of fused-ring (bicyclic) bond motifs is 1. The van der Waals surface area contributed by atoms with Gasteiger partial charge in [0.25, 0.3) is 5.91 Å². The lowest BCUT2D eigenvalue weighted by Crippen LogP contribution is -2.41. The Bertz CT molecular complexity index is 942. The van der Waals surface area contributed by atoms with Gasteiger partial charge in [0.05, 0.1) is 11.4 Å². The lowest BCUT2D eigenvalue weighted by Gasteiger charge is -2.27. The lowest BCUT2D eigenvalue weighted by atomic mass is 10.1. The summed E-state index contributed by atoms with van der Waals surface area (Å²) in [6, 6.07) is 13.7. The van der Waals surface area contributed by atoms with Gasteiger partial charge in [-0.15, -0.1) is 0 Å². The van der Waals surface area contributed by atoms with E-state index in [1.807, 2.05) is 0 Å². The Hall–Kier alpha value is -3.12. The second-order valence-corrected chi connectivity index (χ2v) is 6.81. The molecule has 1 aliphatic rings. The molecular formula is C21H19ClN2O4. The standard InChI is InChI=1S/C21H19ClN2O4/c1-14-11-19(25)23-17-7-2-3-8-18(17)24(14)20(26)13-28-21(27)10-9-15-5-4-6-16(22)12-15/h2-10,12,14H,11,13H2,1H3,(H,23,25)/b10-9+/t14-/m1/s1. The molecular weight excluding hydrogens is 380 g/mol. The van der Waals surface area contributed by atoms with Gasteiger partial charge in [0.15, 0.2) is 6.61 Å². The number of para-hydroxylation sites is 2. The first-order valence-corrected chi connectivity index (χ1v) is 9.13. The molecule has 1 N–H and O–H groups in total. The number of anilines is 2. The van der Waals surface area contributed by atoms with Gasteiger partial charge in [-0.25, -0.2) is 4.79 Å². The first-order chi connectivity index (χ1) is 13.4. The van der Waals surface area contributed by atoms with Crippen LogP contribution in [0.1, 0.15) is 18.9 Å². The average molecular weight is 399 g/mol. The largest absolute Gasteiger partial charge is 0.452 e. The number of ether oxygens (including phenoxy) is 1. The summed E-state index contributed by atoms with van der Waals surface area (Å²) in [5.41, 5.74) is 1.88. The number of carbonyl (C=O) groups excluding carboxylic acids is 3. The van der Waals surface area contributed by atoms with Crippen molar-refractivity contribution in [1.82, 2.24) is 0 Å². The van der Waals surface area contributed by atoms with Crippen LogP contribution < -0.4 is 10.2 Å². The smallest absolute Gasteiger partial charge is 0.331 e. The van der Waals surface area contributed by atoms with Gasteiger partial charge in [-0.2, -0.15) is 0 Å². The van der Waals surface area contributed by atoms with Gasteiger partial charge in [0.2, 0.25) is 5.91 Å². The minimum Gasteiger partial charge on any atom is -0.452 e. The Labute approximate surface area is 167 Å². The van der Waals surface area contributed by atoms with Crippen LogP contribution in [-0.4, -0.2) is 30.4 Å². The van der Waals surface area contributed by atoms with Crippen molar-refractivity contribution < 1.29 is 19.1 Å². The fourth-order valence-electron chi connectivity index (χ4n) is 2.99. The zero-order valence-electron chi connectivity index (χ0n) is 15.2. The quantitative estimate of drug-likeness (QED) is 0.630. The SMILES string of the molecule is C[C@@H]1CC(=O)Nc2ccccc2N1C(=O)COC(=O)/C=C/c1cccc(Cl)c1. The van der Waals surface area contributed by atoms with E-state index in [2.05, 4.69) is 5.32 Å². The van der Waals surface area contributed by atoms with Gasteiger partial charge in [-0.05, 0) is 42.8 Å². The van der Waals surface area contributed by atoms with Crippen LogP contribution in [0.15, 0.2) is 54.6 Å². The first-order valence-electron chi connectivity index (χ1n) is 8.75. The number of nitrogens with zero attached hydrogens (tertiary/aromatic N) is 1. The molecule has 6 nitrogen and oxygen atoms in total. The first kappa shape index (κ1) is 19.6. The molecule has 0 unspecified atom stereocenters. The molecule has 2 aromatic rings. The Morgan fingerprint density at radius 1 is 1.25 bits per heavy atom. The number of carbonyl (C=O) groups is 3. The second-order valence-electron chi connectivity index (χ2n) is 6.38. The van der Waals surface area contributed by atoms with Crippen LogP contribution in [0.5, 0.6) is 0 Å². The van der Waals surface area contributed by atoms with Crippen molar-refractivity contribution in [3.8, 4) is 0 Å². The van der Waals surface area contributed by atoms with Gasteiger partial charge in [0, 0.05) is 23.6 Å². The molecule has 1 aliphatic heterocycles. The Balaban J connectivity index is 1.67. The predicted molar refractivity (Wildman–Crippen MR) is 108 cm³/mol. The summed E-state index contributed by atoms with van der Waals surface area (Å²) < 4.78 is 5.08. The summed E-state index contributed by atoms with van der Waals surface area (Å²) in [5.74, 6) is -1.21. The third-order valence-electron chi connectivity index (χ3n) is 4.23. The van der Waals surface area contributed by atoms with Crippen molar-refractivity contribution >= 4 is 46.8 Å². The molecule has 0 radical (unpaired) electrons. The molecule has 2 aromatic carbocycles. The maximum absolute atomic E-state index is 12.7. The predicted octanol–water partition coefficient (Wildman–Crippen LogP) is 3.66. The third-order valence-corrected chi connectivity index (χ3v) is 4.46. The number of nitrogens with one attached hydrogen (secondary N) is 1. The molecule has 1 heterocycles. The molecule has 0 fully saturated rings. The van der Waals surface area contributed by atoms with Crippen molar-refractivity contribution in [2.75, 3.05) is 16.8 Å². The van der Waals surface area contributed by atoms with Crippen LogP contribution in [0.3, 0.4) is 0 Å². The summed E-state index contributed by atoms with van der Waals surface area (Å²) in [6.07, 6.45) is 2.96. The van der Waals surface area contributed by atoms with E-state index in [4.69, 9.17) is 16.3 Å². The van der Waals surface area contributed by atoms with E-state index in [-0.39, 0.29) is 18.4 Å². The molecule has 0 bridgehead atoms. The highest BCUT2D eigenvalue weighted by Gasteiger charge is 2.29. The Morgan fingerprint density at radius 2 is 2.04 bits per heavy atom. The molecule has 0 saturated heterocycles. The maximum atomic E-state index is 12.7. The van der Waals surface area contributed by atoms with Crippen molar-refractivity contribution in [1.29, 1.82) is 0 Å². The van der Waals surface area contributed by atoms with E-state index in [1.54, 1.807) is 61.5 Å². The maximum Gasteiger partial charge on any atom is 0.331 e. The molecule has 2 amide bonds. The van der Waals surface area contributed by atoms with E-state index in [0.717, 1.165) is 5.56 Å². The molecule has 0 aromatic heterocycles. The topological polar surface area (TPSA) is 75.7 Å². The number of amides is 2. The van der Waals surface area contributed by atoms with E-state index < -0.39 is 18.5 Å². The van der Waals surface area contributed by atoms with Crippen LogP contribution >= 0.6 is 11.6 Å². The van der Waals surface area contributed by atoms with E-state index in [9.17, 15) is 14.4 Å². The highest BCUT2D eigenvalue weighted by atomic mass is 35.5. The van der Waals surface area contributed by atoms with Gasteiger partial charge in [0.1, 0.15) is 0 Å². The normalized spacial score (nSPS) is 16.3. The number of esters is 1. The number of rotatable bonds is 4. The third kappa shape index (κ3) is 4.78. The molecule has 0 saturated carbocycles. The molecule has 0 spiro atoms. The summed E-state index contributed by atoms with van der Waals surface area (Å²) in [4.78, 5) is 38.1. The fourth-order valence-corrected chi connectivity index (χ4v) is 3.19. The summed E-state index contributed by atoms with van der Waals surface area (Å²) in [5, 5.41) is 3.34. The highest BCUT2D eigenvalue weighted by Crippen LogP contribution is 2.31. The molecule has 28 heavy (non-hydrogen) atoms. The minimum absolute atomic E-state index is 0.156. The van der Waals surface area contributed by atoms with Crippen molar-refractivity contribution in [3.05, 3.63) is 65.2 Å². The van der Waals surface area contributed by atoms with Gasteiger partial charge in [-0.3, -0.25) is 9.59 Å². The fraction of sp³-hybridized carbons (Fsp3) is 0.190. The van der Waals surface area contributed by atoms with E-state index in [0.29, 0.717) is 16.4 Å². The van der Waals surface area contributed by atoms with Crippen LogP contribution in [-0.2, 0) is 19.1 Å². The van der Waals surface area contributed by atoms with Crippen LogP contribution in [0.2, 0.25) is 5.02 Å². The summed E-state index contributed by atoms with van der Waals surface area (Å²) >= 11 is 5.90. The molecule has 7 heteroatoms. The van der Waals surface area contributed by atoms with Gasteiger partial charge in [-0.1, -0.05) is 35.9 Å². The van der Waals surface area contributed by atoms with Crippen molar-refractivity contribution in [3.63, 3.8) is 0 Å². The number of hydrogen-bond donors (Lipinski definition) is 1. The average Bonchev–Trinajstić information content (AvgIpc) is 2.78. The Kier molecular flexibility index (Phi) is 6.11. The van der Waals surface area contributed by atoms with Crippen molar-refractivity contribution in [2.45, 2.75) is 19.4 Å². The second kappa shape index (κ2) is 8.71. The molecule has 1 atom stereocenters. The zero-order chi connectivity index (χ0) is 20.1. The molecule has 3 rings (SSSR count). The zero-order valence-corrected chi connectivity index (χ0v) is 16.0. The Morgan fingerprint density at radius 3 is 2.82 bits per heavy atom. The number of halogens is 1. The molecule has 144 valence electrons. The van der Waals surface area contributed by atoms with E-state index >= 15 is 0 Å². The minimum atomic E-state index is -0.640. The van der Waals surface area contributed by atoms with Crippen LogP contribution in [0.25, 0.3) is 6.08 Å². The summed E-state index contributed by atoms with van der Waals surface area (Å²) in [6.45, 7) is 1.35. The monoisotopic (exact) mass is 398 g/mol. The molecule has 0 aliphatic carbocycles. The number of hydrogen-bond acceptors (Lipinski definition) is 4. The van der Waals surface area contributed by atoms with Crippen LogP contribution in [0, 0.1) is 0 Å². The summed E-state index contributed by atoms with van der Waals surface area (Å²) in [7, 11) is 0. The number of benzene rings is 2. The van der Waals surface area contributed by atoms with Gasteiger partial charge < -0.3 is 15.0 Å². The lowest BCUT2D eigenvalue weighted by molar-refractivity contribution is -0.143. The van der Waals surface area contributed by atoms with E-state index in [1.165, 1.54) is 11.0 Å². The van der Waals surface area contributed by atoms with Gasteiger partial charge >= 0.3 is 5.97 Å². The van der Waals surface area contributed by atoms with Crippen LogP contribution in [0.4, 0.5) is 11.4 Å². The van der Waals surface area contributed by atoms with Crippen molar-refractivity contribution in [2.24, 2.45) is 0 Å².